The number of ether oxygens (including phenoxy) is 1. The molecule has 164 valence electrons. The Labute approximate surface area is 198 Å². The monoisotopic (exact) mass is 474 g/mol. The van der Waals surface area contributed by atoms with Crippen LogP contribution in [0.4, 0.5) is 5.69 Å². The van der Waals surface area contributed by atoms with E-state index in [0.717, 1.165) is 37.8 Å². The summed E-state index contributed by atoms with van der Waals surface area (Å²) < 4.78 is 7.13. The van der Waals surface area contributed by atoms with Crippen molar-refractivity contribution >= 4 is 56.0 Å². The summed E-state index contributed by atoms with van der Waals surface area (Å²) in [5.74, 6) is 0.885. The third kappa shape index (κ3) is 4.13. The van der Waals surface area contributed by atoms with Gasteiger partial charge in [-0.05, 0) is 66.3 Å². The van der Waals surface area contributed by atoms with Gasteiger partial charge in [0.25, 0.3) is 5.91 Å². The van der Waals surface area contributed by atoms with Gasteiger partial charge in [0, 0.05) is 11.3 Å². The topological polar surface area (TPSA) is 93.4 Å². The van der Waals surface area contributed by atoms with Crippen LogP contribution in [0.3, 0.4) is 0 Å². The fraction of sp³-hybridized carbons (Fsp3) is 0.0870. The van der Waals surface area contributed by atoms with E-state index >= 15 is 0 Å². The third-order valence-electron chi connectivity index (χ3n) is 5.08. The van der Waals surface area contributed by atoms with Gasteiger partial charge in [-0.3, -0.25) is 10.1 Å². The van der Waals surface area contributed by atoms with Crippen LogP contribution in [0, 0.1) is 6.92 Å². The summed E-state index contributed by atoms with van der Waals surface area (Å²) in [4.78, 5) is 13.6. The van der Waals surface area contributed by atoms with Crippen molar-refractivity contribution in [2.45, 2.75) is 6.92 Å². The normalized spacial score (nSPS) is 11.0. The molecule has 33 heavy (non-hydrogen) atoms. The molecule has 0 bridgehead atoms. The van der Waals surface area contributed by atoms with Crippen LogP contribution in [0.25, 0.3) is 26.3 Å². The Balaban J connectivity index is 1.29. The van der Waals surface area contributed by atoms with E-state index in [2.05, 4.69) is 25.9 Å². The van der Waals surface area contributed by atoms with Gasteiger partial charge in [-0.1, -0.05) is 35.6 Å². The van der Waals surface area contributed by atoms with Gasteiger partial charge in [0.05, 0.1) is 12.7 Å². The lowest BCUT2D eigenvalue weighted by molar-refractivity contribution is 0.0975. The van der Waals surface area contributed by atoms with E-state index in [1.54, 1.807) is 10.6 Å². The minimum Gasteiger partial charge on any atom is -0.496 e. The van der Waals surface area contributed by atoms with Crippen molar-refractivity contribution in [2.75, 3.05) is 12.4 Å². The van der Waals surface area contributed by atoms with Crippen LogP contribution in [0.5, 0.6) is 5.75 Å². The number of rotatable bonds is 4. The number of amides is 1. The summed E-state index contributed by atoms with van der Waals surface area (Å²) in [6, 6.07) is 19.0. The Hall–Kier alpha value is -3.89. The lowest BCUT2D eigenvalue weighted by Gasteiger charge is -2.13. The van der Waals surface area contributed by atoms with Gasteiger partial charge < -0.3 is 10.1 Å². The molecule has 5 rings (SSSR count). The van der Waals surface area contributed by atoms with Gasteiger partial charge in [0.15, 0.2) is 10.9 Å². The van der Waals surface area contributed by atoms with E-state index in [1.807, 2.05) is 61.5 Å². The molecule has 2 aromatic heterocycles. The molecule has 8 nitrogen and oxygen atoms in total. The number of carbonyl (C=O) groups excluding carboxylic acids is 1. The van der Waals surface area contributed by atoms with Crippen LogP contribution in [-0.4, -0.2) is 37.9 Å². The number of aromatic nitrogens is 4. The van der Waals surface area contributed by atoms with Gasteiger partial charge in [0.2, 0.25) is 4.96 Å². The molecule has 2 N–H and O–H groups in total. The number of aryl methyl sites for hydroxylation is 1. The van der Waals surface area contributed by atoms with Crippen molar-refractivity contribution in [3.05, 3.63) is 72.1 Å². The van der Waals surface area contributed by atoms with Crippen molar-refractivity contribution in [2.24, 2.45) is 0 Å². The van der Waals surface area contributed by atoms with E-state index in [-0.39, 0.29) is 11.0 Å². The number of fused-ring (bicyclic) bond motifs is 2. The molecule has 0 radical (unpaired) electrons. The fourth-order valence-corrected chi connectivity index (χ4v) is 4.53. The molecule has 0 spiro atoms. The molecular weight excluding hydrogens is 456 g/mol. The zero-order valence-corrected chi connectivity index (χ0v) is 19.3. The first-order chi connectivity index (χ1) is 16.0. The number of nitrogens with zero attached hydrogens (tertiary/aromatic N) is 4. The molecule has 0 unspecified atom stereocenters. The minimum atomic E-state index is -0.346. The number of anilines is 1. The van der Waals surface area contributed by atoms with Crippen LogP contribution in [0.1, 0.15) is 16.2 Å². The average Bonchev–Trinajstić information content (AvgIpc) is 3.40. The molecule has 0 aliphatic carbocycles. The standard InChI is InChI=1S/C23H18N6O2S2/c1-13-26-27-23-29(13)28-21(33-23)14-7-9-17(10-8-14)24-22(32)25-20(30)18-11-15-5-3-4-6-16(15)12-19(18)31-2/h3-12H,1-2H3,(H2,24,25,30,32). The second-order valence-electron chi connectivity index (χ2n) is 7.23. The highest BCUT2D eigenvalue weighted by Crippen LogP contribution is 2.27. The smallest absolute Gasteiger partial charge is 0.261 e. The van der Waals surface area contributed by atoms with Crippen molar-refractivity contribution in [1.29, 1.82) is 0 Å². The van der Waals surface area contributed by atoms with Crippen LogP contribution >= 0.6 is 23.6 Å². The Kier molecular flexibility index (Phi) is 5.45. The second kappa shape index (κ2) is 8.57. The number of thiocarbonyl (C=S) groups is 1. The number of benzene rings is 3. The predicted octanol–water partition coefficient (Wildman–Crippen LogP) is 4.45. The first-order valence-electron chi connectivity index (χ1n) is 10.0. The lowest BCUT2D eigenvalue weighted by Crippen LogP contribution is -2.34. The molecular formula is C23H18N6O2S2. The molecule has 0 atom stereocenters. The largest absolute Gasteiger partial charge is 0.496 e. The molecule has 0 aliphatic heterocycles. The van der Waals surface area contributed by atoms with E-state index < -0.39 is 0 Å². The SMILES string of the molecule is COc1cc2ccccc2cc1C(=O)NC(=S)Nc1ccc(-c2nn3c(C)nnc3s2)cc1. The first kappa shape index (κ1) is 21.0. The lowest BCUT2D eigenvalue weighted by atomic mass is 10.1. The molecule has 0 saturated carbocycles. The van der Waals surface area contributed by atoms with E-state index in [4.69, 9.17) is 17.0 Å². The predicted molar refractivity (Wildman–Crippen MR) is 133 cm³/mol. The van der Waals surface area contributed by atoms with Crippen molar-refractivity contribution in [3.63, 3.8) is 0 Å². The first-order valence-corrected chi connectivity index (χ1v) is 11.2. The maximum atomic E-state index is 12.9. The summed E-state index contributed by atoms with van der Waals surface area (Å²) in [6.45, 7) is 1.86. The Morgan fingerprint density at radius 2 is 1.79 bits per heavy atom. The van der Waals surface area contributed by atoms with Crippen molar-refractivity contribution in [1.82, 2.24) is 25.1 Å². The summed E-state index contributed by atoms with van der Waals surface area (Å²) in [7, 11) is 1.54. The van der Waals surface area contributed by atoms with Gasteiger partial charge in [-0.25, -0.2) is 0 Å². The van der Waals surface area contributed by atoms with Crippen LogP contribution in [-0.2, 0) is 0 Å². The average molecular weight is 475 g/mol. The van der Waals surface area contributed by atoms with E-state index in [9.17, 15) is 4.79 Å². The fourth-order valence-electron chi connectivity index (χ4n) is 3.43. The summed E-state index contributed by atoms with van der Waals surface area (Å²) in [5, 5.41) is 21.4. The molecule has 2 heterocycles. The zero-order chi connectivity index (χ0) is 22.9. The molecule has 0 aliphatic rings. The van der Waals surface area contributed by atoms with Crippen LogP contribution in [0.2, 0.25) is 0 Å². The summed E-state index contributed by atoms with van der Waals surface area (Å²) in [6.07, 6.45) is 0. The van der Waals surface area contributed by atoms with Crippen molar-refractivity contribution < 1.29 is 9.53 Å². The molecule has 1 amide bonds. The summed E-state index contributed by atoms with van der Waals surface area (Å²) in [5.41, 5.74) is 2.11. The Morgan fingerprint density at radius 1 is 1.06 bits per heavy atom. The third-order valence-corrected chi connectivity index (χ3v) is 6.23. The number of hydrogen-bond acceptors (Lipinski definition) is 7. The molecule has 5 aromatic rings. The minimum absolute atomic E-state index is 0.192. The van der Waals surface area contributed by atoms with Gasteiger partial charge in [0.1, 0.15) is 10.8 Å². The highest BCUT2D eigenvalue weighted by molar-refractivity contribution is 7.80. The molecule has 0 fully saturated rings. The van der Waals surface area contributed by atoms with E-state index in [1.165, 1.54) is 18.4 Å². The van der Waals surface area contributed by atoms with Gasteiger partial charge in [-0.2, -0.15) is 9.61 Å². The van der Waals surface area contributed by atoms with Crippen LogP contribution < -0.4 is 15.4 Å². The Bertz CT molecular complexity index is 1510. The number of hydrogen-bond donors (Lipinski definition) is 2. The molecule has 10 heteroatoms. The quantitative estimate of drug-likeness (QED) is 0.372. The van der Waals surface area contributed by atoms with Crippen LogP contribution in [0.15, 0.2) is 60.7 Å². The van der Waals surface area contributed by atoms with Crippen molar-refractivity contribution in [3.8, 4) is 16.3 Å². The highest BCUT2D eigenvalue weighted by atomic mass is 32.1. The highest BCUT2D eigenvalue weighted by Gasteiger charge is 2.15. The number of carbonyl (C=O) groups is 1. The molecule has 3 aromatic carbocycles. The maximum Gasteiger partial charge on any atom is 0.261 e. The summed E-state index contributed by atoms with van der Waals surface area (Å²) >= 11 is 6.81. The second-order valence-corrected chi connectivity index (χ2v) is 8.60. The number of nitrogens with one attached hydrogen (secondary N) is 2. The van der Waals surface area contributed by atoms with Gasteiger partial charge in [-0.15, -0.1) is 10.2 Å². The van der Waals surface area contributed by atoms with Gasteiger partial charge >= 0.3 is 0 Å². The Morgan fingerprint density at radius 3 is 2.48 bits per heavy atom. The maximum absolute atomic E-state index is 12.9. The number of methoxy groups -OCH3 is 1. The zero-order valence-electron chi connectivity index (χ0n) is 17.7. The van der Waals surface area contributed by atoms with E-state index in [0.29, 0.717) is 11.3 Å². The molecule has 0 saturated heterocycles.